The monoisotopic (exact) mass is 217 g/mol. The van der Waals surface area contributed by atoms with Crippen LogP contribution < -0.4 is 6.15 Å². The van der Waals surface area contributed by atoms with Crippen molar-refractivity contribution in [3.8, 4) is 0 Å². The zero-order chi connectivity index (χ0) is 9.78. The van der Waals surface area contributed by atoms with Crippen molar-refractivity contribution in [1.82, 2.24) is 6.15 Å². The minimum Gasteiger partial charge on any atom is -0.396 e. The number of rotatable bonds is 5. The SMILES string of the molecule is CC(O)C(CCO)OS(=O)(=O)O.N. The number of aliphatic hydroxyl groups excluding tert-OH is 2. The van der Waals surface area contributed by atoms with Crippen LogP contribution in [0.1, 0.15) is 13.3 Å². The van der Waals surface area contributed by atoms with Crippen molar-refractivity contribution in [3.63, 3.8) is 0 Å². The Labute approximate surface area is 76.9 Å². The summed E-state index contributed by atoms with van der Waals surface area (Å²) in [6, 6.07) is 0. The fraction of sp³-hybridized carbons (Fsp3) is 1.00. The van der Waals surface area contributed by atoms with Gasteiger partial charge in [-0.1, -0.05) is 0 Å². The third kappa shape index (κ3) is 8.09. The molecule has 0 aromatic rings. The molecule has 0 aliphatic carbocycles. The van der Waals surface area contributed by atoms with E-state index in [9.17, 15) is 8.42 Å². The van der Waals surface area contributed by atoms with Gasteiger partial charge in [0.15, 0.2) is 0 Å². The van der Waals surface area contributed by atoms with Crippen molar-refractivity contribution < 1.29 is 27.4 Å². The molecule has 0 bridgehead atoms. The summed E-state index contributed by atoms with van der Waals surface area (Å²) < 4.78 is 32.6. The van der Waals surface area contributed by atoms with Crippen LogP contribution in [0.4, 0.5) is 0 Å². The number of aliphatic hydroxyl groups is 2. The van der Waals surface area contributed by atoms with E-state index in [1.807, 2.05) is 0 Å². The standard InChI is InChI=1S/C5H12O6S.H3N/c1-4(7)5(2-3-6)11-12(8,9)10;/h4-7H,2-3H2,1H3,(H,8,9,10);1H3. The molecule has 2 atom stereocenters. The van der Waals surface area contributed by atoms with Crippen molar-refractivity contribution in [2.75, 3.05) is 6.61 Å². The van der Waals surface area contributed by atoms with Gasteiger partial charge >= 0.3 is 10.4 Å². The summed E-state index contributed by atoms with van der Waals surface area (Å²) in [6.45, 7) is 0.969. The van der Waals surface area contributed by atoms with E-state index in [1.54, 1.807) is 0 Å². The van der Waals surface area contributed by atoms with Crippen LogP contribution in [0.5, 0.6) is 0 Å². The minimum atomic E-state index is -4.56. The van der Waals surface area contributed by atoms with Gasteiger partial charge in [-0.05, 0) is 6.92 Å². The fourth-order valence-electron chi connectivity index (χ4n) is 0.653. The van der Waals surface area contributed by atoms with E-state index >= 15 is 0 Å². The molecule has 0 aliphatic heterocycles. The first kappa shape index (κ1) is 15.2. The molecule has 8 heteroatoms. The Morgan fingerprint density at radius 3 is 2.15 bits per heavy atom. The lowest BCUT2D eigenvalue weighted by molar-refractivity contribution is 0.0296. The van der Waals surface area contributed by atoms with Crippen LogP contribution in [0.3, 0.4) is 0 Å². The molecule has 0 spiro atoms. The largest absolute Gasteiger partial charge is 0.397 e. The van der Waals surface area contributed by atoms with Gasteiger partial charge in [0, 0.05) is 13.0 Å². The first-order valence-electron chi connectivity index (χ1n) is 3.31. The summed E-state index contributed by atoms with van der Waals surface area (Å²) in [7, 11) is -4.56. The molecule has 0 aromatic heterocycles. The van der Waals surface area contributed by atoms with Gasteiger partial charge in [0.1, 0.15) is 6.10 Å². The summed E-state index contributed by atoms with van der Waals surface area (Å²) in [5.41, 5.74) is 0. The summed E-state index contributed by atoms with van der Waals surface area (Å²) in [6.07, 6.45) is -2.23. The smallest absolute Gasteiger partial charge is 0.396 e. The van der Waals surface area contributed by atoms with Gasteiger partial charge in [-0.25, -0.2) is 4.18 Å². The Hall–Kier alpha value is -0.250. The van der Waals surface area contributed by atoms with Crippen LogP contribution in [0.2, 0.25) is 0 Å². The Bertz CT molecular complexity index is 213. The molecule has 0 saturated carbocycles. The maximum Gasteiger partial charge on any atom is 0.397 e. The highest BCUT2D eigenvalue weighted by Crippen LogP contribution is 2.06. The van der Waals surface area contributed by atoms with Crippen LogP contribution >= 0.6 is 0 Å². The maximum absolute atomic E-state index is 10.2. The van der Waals surface area contributed by atoms with E-state index in [1.165, 1.54) is 6.92 Å². The highest BCUT2D eigenvalue weighted by Gasteiger charge is 2.21. The summed E-state index contributed by atoms with van der Waals surface area (Å²) >= 11 is 0. The van der Waals surface area contributed by atoms with Crippen LogP contribution in [0, 0.1) is 0 Å². The number of hydrogen-bond donors (Lipinski definition) is 4. The lowest BCUT2D eigenvalue weighted by Crippen LogP contribution is -2.29. The summed E-state index contributed by atoms with van der Waals surface area (Å²) in [5.74, 6) is 0. The summed E-state index contributed by atoms with van der Waals surface area (Å²) in [5, 5.41) is 17.3. The van der Waals surface area contributed by atoms with Crippen LogP contribution in [-0.4, -0.2) is 42.0 Å². The van der Waals surface area contributed by atoms with Gasteiger partial charge in [-0.3, -0.25) is 4.55 Å². The normalized spacial score (nSPS) is 16.0. The van der Waals surface area contributed by atoms with E-state index < -0.39 is 22.6 Å². The molecule has 0 radical (unpaired) electrons. The topological polar surface area (TPSA) is 139 Å². The Kier molecular flexibility index (Phi) is 7.31. The molecular weight excluding hydrogens is 202 g/mol. The lowest BCUT2D eigenvalue weighted by atomic mass is 10.2. The molecule has 13 heavy (non-hydrogen) atoms. The lowest BCUT2D eigenvalue weighted by Gasteiger charge is -2.16. The van der Waals surface area contributed by atoms with Crippen LogP contribution in [0.25, 0.3) is 0 Å². The average Bonchev–Trinajstić information content (AvgIpc) is 1.83. The molecule has 2 unspecified atom stereocenters. The van der Waals surface area contributed by atoms with E-state index in [0.29, 0.717) is 0 Å². The van der Waals surface area contributed by atoms with Gasteiger partial charge in [-0.2, -0.15) is 8.42 Å². The molecule has 0 aromatic carbocycles. The summed E-state index contributed by atoms with van der Waals surface area (Å²) in [4.78, 5) is 0. The van der Waals surface area contributed by atoms with Crippen LogP contribution in [-0.2, 0) is 14.6 Å². The fourth-order valence-corrected chi connectivity index (χ4v) is 1.22. The van der Waals surface area contributed by atoms with E-state index in [2.05, 4.69) is 4.18 Å². The third-order valence-corrected chi connectivity index (χ3v) is 1.69. The molecule has 0 rings (SSSR count). The van der Waals surface area contributed by atoms with Crippen molar-refractivity contribution >= 4 is 10.4 Å². The molecule has 0 fully saturated rings. The molecule has 82 valence electrons. The second-order valence-corrected chi connectivity index (χ2v) is 3.36. The van der Waals surface area contributed by atoms with Gasteiger partial charge < -0.3 is 16.4 Å². The van der Waals surface area contributed by atoms with E-state index in [0.717, 1.165) is 0 Å². The van der Waals surface area contributed by atoms with Gasteiger partial charge in [0.2, 0.25) is 0 Å². The zero-order valence-corrected chi connectivity index (χ0v) is 8.07. The van der Waals surface area contributed by atoms with Crippen LogP contribution in [0.15, 0.2) is 0 Å². The van der Waals surface area contributed by atoms with Crippen molar-refractivity contribution in [2.24, 2.45) is 0 Å². The van der Waals surface area contributed by atoms with Gasteiger partial charge in [0.25, 0.3) is 0 Å². The van der Waals surface area contributed by atoms with Gasteiger partial charge in [0.05, 0.1) is 6.10 Å². The van der Waals surface area contributed by atoms with E-state index in [-0.39, 0.29) is 19.2 Å². The Balaban J connectivity index is 0. The first-order chi connectivity index (χ1) is 5.37. The van der Waals surface area contributed by atoms with Gasteiger partial charge in [-0.15, -0.1) is 0 Å². The van der Waals surface area contributed by atoms with Crippen molar-refractivity contribution in [2.45, 2.75) is 25.6 Å². The third-order valence-electron chi connectivity index (χ3n) is 1.20. The predicted molar refractivity (Wildman–Crippen MR) is 44.8 cm³/mol. The second kappa shape index (κ2) is 6.24. The Morgan fingerprint density at radius 2 is 1.92 bits per heavy atom. The highest BCUT2D eigenvalue weighted by atomic mass is 32.3. The predicted octanol–water partition coefficient (Wildman–Crippen LogP) is -0.900. The molecule has 0 aliphatic rings. The minimum absolute atomic E-state index is 0. The van der Waals surface area contributed by atoms with E-state index in [4.69, 9.17) is 14.8 Å². The molecule has 0 amide bonds. The molecule has 0 heterocycles. The molecular formula is C5H15NO6S. The quantitative estimate of drug-likeness (QED) is 0.437. The number of hydrogen-bond acceptors (Lipinski definition) is 6. The molecule has 7 nitrogen and oxygen atoms in total. The van der Waals surface area contributed by atoms with Crippen molar-refractivity contribution in [3.05, 3.63) is 0 Å². The zero-order valence-electron chi connectivity index (χ0n) is 7.25. The first-order valence-corrected chi connectivity index (χ1v) is 4.68. The highest BCUT2D eigenvalue weighted by molar-refractivity contribution is 7.80. The van der Waals surface area contributed by atoms with Crippen molar-refractivity contribution in [1.29, 1.82) is 0 Å². The molecule has 0 saturated heterocycles. The average molecular weight is 217 g/mol. The maximum atomic E-state index is 10.2. The molecule has 6 N–H and O–H groups in total. The second-order valence-electron chi connectivity index (χ2n) is 2.32. The Morgan fingerprint density at radius 1 is 1.46 bits per heavy atom.